The van der Waals surface area contributed by atoms with E-state index in [9.17, 15) is 5.11 Å². The molecule has 0 amide bonds. The Morgan fingerprint density at radius 3 is 2.72 bits per heavy atom. The van der Waals surface area contributed by atoms with E-state index in [0.29, 0.717) is 12.6 Å². The van der Waals surface area contributed by atoms with Crippen LogP contribution in [0.1, 0.15) is 31.4 Å². The Bertz CT molecular complexity index is 645. The zero-order valence-electron chi connectivity index (χ0n) is 14.6. The van der Waals surface area contributed by atoms with Crippen molar-refractivity contribution in [3.8, 4) is 0 Å². The van der Waals surface area contributed by atoms with Crippen LogP contribution in [0.25, 0.3) is 0 Å². The Balaban J connectivity index is 1.55. The van der Waals surface area contributed by atoms with Gasteiger partial charge in [0.1, 0.15) is 18.0 Å². The Morgan fingerprint density at radius 2 is 2.00 bits per heavy atom. The van der Waals surface area contributed by atoms with Crippen molar-refractivity contribution in [3.63, 3.8) is 0 Å². The summed E-state index contributed by atoms with van der Waals surface area (Å²) in [6, 6.07) is 11.6. The van der Waals surface area contributed by atoms with Crippen LogP contribution in [0.15, 0.2) is 42.7 Å². The molecule has 6 heteroatoms. The lowest BCUT2D eigenvalue weighted by Crippen LogP contribution is -2.37. The van der Waals surface area contributed by atoms with Gasteiger partial charge >= 0.3 is 0 Å². The molecular formula is C19H26N4O2. The van der Waals surface area contributed by atoms with Crippen molar-refractivity contribution >= 4 is 11.6 Å². The molecule has 0 aliphatic carbocycles. The van der Waals surface area contributed by atoms with Crippen LogP contribution in [0.2, 0.25) is 0 Å². The van der Waals surface area contributed by atoms with Gasteiger partial charge in [0, 0.05) is 32.3 Å². The van der Waals surface area contributed by atoms with Crippen LogP contribution in [-0.2, 0) is 4.74 Å². The number of nitrogens with one attached hydrogen (secondary N) is 1. The fraction of sp³-hybridized carbons (Fsp3) is 0.474. The first kappa shape index (κ1) is 17.6. The van der Waals surface area contributed by atoms with Gasteiger partial charge in [0.25, 0.3) is 0 Å². The predicted octanol–water partition coefficient (Wildman–Crippen LogP) is 2.63. The van der Waals surface area contributed by atoms with Gasteiger partial charge in [0.15, 0.2) is 0 Å². The summed E-state index contributed by atoms with van der Waals surface area (Å²) < 4.78 is 5.70. The molecule has 1 aromatic heterocycles. The first-order chi connectivity index (χ1) is 12.3. The highest BCUT2D eigenvalue weighted by molar-refractivity contribution is 5.48. The second kappa shape index (κ2) is 8.78. The normalized spacial score (nSPS) is 16.6. The van der Waals surface area contributed by atoms with Crippen molar-refractivity contribution in [3.05, 3.63) is 48.3 Å². The molecule has 6 nitrogen and oxygen atoms in total. The topological polar surface area (TPSA) is 70.5 Å². The third kappa shape index (κ3) is 4.90. The van der Waals surface area contributed by atoms with Crippen molar-refractivity contribution in [1.82, 2.24) is 9.97 Å². The molecule has 1 aliphatic heterocycles. The monoisotopic (exact) mass is 342 g/mol. The van der Waals surface area contributed by atoms with Gasteiger partial charge in [0.05, 0.1) is 12.2 Å². The Morgan fingerprint density at radius 1 is 1.24 bits per heavy atom. The quantitative estimate of drug-likeness (QED) is 0.806. The van der Waals surface area contributed by atoms with E-state index >= 15 is 0 Å². The molecule has 0 bridgehead atoms. The van der Waals surface area contributed by atoms with Gasteiger partial charge in [-0.2, -0.15) is 0 Å². The Hall–Kier alpha value is -2.18. The highest BCUT2D eigenvalue weighted by Gasteiger charge is 2.20. The summed E-state index contributed by atoms with van der Waals surface area (Å²) in [7, 11) is 0. The molecule has 1 aliphatic rings. The summed E-state index contributed by atoms with van der Waals surface area (Å²) in [5.74, 6) is 1.65. The van der Waals surface area contributed by atoms with E-state index in [1.165, 1.54) is 0 Å². The second-order valence-corrected chi connectivity index (χ2v) is 6.21. The van der Waals surface area contributed by atoms with E-state index in [-0.39, 0.29) is 0 Å². The van der Waals surface area contributed by atoms with Crippen molar-refractivity contribution in [2.45, 2.75) is 32.0 Å². The molecule has 25 heavy (non-hydrogen) atoms. The van der Waals surface area contributed by atoms with E-state index in [2.05, 4.69) is 20.2 Å². The van der Waals surface area contributed by atoms with Gasteiger partial charge in [-0.1, -0.05) is 30.3 Å². The van der Waals surface area contributed by atoms with Gasteiger partial charge in [-0.25, -0.2) is 9.97 Å². The molecule has 1 unspecified atom stereocenters. The smallest absolute Gasteiger partial charge is 0.134 e. The van der Waals surface area contributed by atoms with Crippen molar-refractivity contribution in [1.29, 1.82) is 0 Å². The lowest BCUT2D eigenvalue weighted by Gasteiger charge is -2.32. The van der Waals surface area contributed by atoms with Crippen LogP contribution in [0.5, 0.6) is 0 Å². The molecule has 0 spiro atoms. The van der Waals surface area contributed by atoms with Crippen LogP contribution in [0, 0.1) is 0 Å². The largest absolute Gasteiger partial charge is 0.387 e. The third-order valence-corrected chi connectivity index (χ3v) is 4.48. The van der Waals surface area contributed by atoms with E-state index in [1.807, 2.05) is 43.3 Å². The highest BCUT2D eigenvalue weighted by atomic mass is 16.5. The number of rotatable bonds is 7. The predicted molar refractivity (Wildman–Crippen MR) is 98.8 cm³/mol. The number of ether oxygens (including phenoxy) is 1. The number of hydrogen-bond donors (Lipinski definition) is 2. The second-order valence-electron chi connectivity index (χ2n) is 6.21. The summed E-state index contributed by atoms with van der Waals surface area (Å²) in [6.45, 7) is 5.10. The number of nitrogens with zero attached hydrogens (tertiary/aromatic N) is 3. The first-order valence-electron chi connectivity index (χ1n) is 8.91. The van der Waals surface area contributed by atoms with E-state index < -0.39 is 6.10 Å². The maximum atomic E-state index is 10.2. The maximum Gasteiger partial charge on any atom is 0.134 e. The average molecular weight is 342 g/mol. The average Bonchev–Trinajstić information content (AvgIpc) is 2.68. The Kier molecular flexibility index (Phi) is 6.19. The standard InChI is InChI=1S/C19H26N4O2/c1-2-25-16-8-10-23(11-9-16)19-12-18(21-14-22-19)20-13-17(24)15-6-4-3-5-7-15/h3-7,12,14,16-17,24H,2,8-11,13H2,1H3,(H,20,21,22). The van der Waals surface area contributed by atoms with Gasteiger partial charge in [0.2, 0.25) is 0 Å². The molecule has 0 radical (unpaired) electrons. The van der Waals surface area contributed by atoms with Gasteiger partial charge in [-0.3, -0.25) is 0 Å². The lowest BCUT2D eigenvalue weighted by molar-refractivity contribution is 0.0458. The van der Waals surface area contributed by atoms with Crippen molar-refractivity contribution in [2.24, 2.45) is 0 Å². The van der Waals surface area contributed by atoms with Crippen molar-refractivity contribution in [2.75, 3.05) is 36.5 Å². The van der Waals surface area contributed by atoms with Crippen LogP contribution in [0.4, 0.5) is 11.6 Å². The highest BCUT2D eigenvalue weighted by Crippen LogP contribution is 2.21. The van der Waals surface area contributed by atoms with E-state index in [4.69, 9.17) is 4.74 Å². The number of aliphatic hydroxyl groups excluding tert-OH is 1. The summed E-state index contributed by atoms with van der Waals surface area (Å²) in [4.78, 5) is 10.9. The van der Waals surface area contributed by atoms with Crippen LogP contribution >= 0.6 is 0 Å². The fourth-order valence-corrected chi connectivity index (χ4v) is 3.10. The van der Waals surface area contributed by atoms with Gasteiger partial charge < -0.3 is 20.1 Å². The molecule has 3 rings (SSSR count). The SMILES string of the molecule is CCOC1CCN(c2cc(NCC(O)c3ccccc3)ncn2)CC1. The van der Waals surface area contributed by atoms with Gasteiger partial charge in [-0.05, 0) is 25.3 Å². The number of piperidine rings is 1. The number of anilines is 2. The molecule has 0 saturated carbocycles. The fourth-order valence-electron chi connectivity index (χ4n) is 3.10. The Labute approximate surface area is 148 Å². The molecule has 134 valence electrons. The van der Waals surface area contributed by atoms with Crippen LogP contribution in [-0.4, -0.2) is 47.4 Å². The minimum absolute atomic E-state index is 0.363. The zero-order chi connectivity index (χ0) is 17.5. The number of aliphatic hydroxyl groups is 1. The van der Waals surface area contributed by atoms with Crippen LogP contribution in [0.3, 0.4) is 0 Å². The summed E-state index contributed by atoms with van der Waals surface area (Å²) in [5.41, 5.74) is 0.891. The molecule has 2 heterocycles. The maximum absolute atomic E-state index is 10.2. The van der Waals surface area contributed by atoms with Crippen LogP contribution < -0.4 is 10.2 Å². The zero-order valence-corrected chi connectivity index (χ0v) is 14.6. The first-order valence-corrected chi connectivity index (χ1v) is 8.91. The minimum Gasteiger partial charge on any atom is -0.387 e. The number of hydrogen-bond acceptors (Lipinski definition) is 6. The molecule has 1 atom stereocenters. The van der Waals surface area contributed by atoms with E-state index in [1.54, 1.807) is 6.33 Å². The summed E-state index contributed by atoms with van der Waals surface area (Å²) >= 11 is 0. The van der Waals surface area contributed by atoms with Crippen molar-refractivity contribution < 1.29 is 9.84 Å². The summed E-state index contributed by atoms with van der Waals surface area (Å²) in [5, 5.41) is 13.4. The molecule has 1 fully saturated rings. The molecular weight excluding hydrogens is 316 g/mol. The minimum atomic E-state index is -0.568. The summed E-state index contributed by atoms with van der Waals surface area (Å²) in [6.07, 6.45) is 3.41. The third-order valence-electron chi connectivity index (χ3n) is 4.48. The molecule has 2 aromatic rings. The number of benzene rings is 1. The van der Waals surface area contributed by atoms with Gasteiger partial charge in [-0.15, -0.1) is 0 Å². The molecule has 1 saturated heterocycles. The lowest BCUT2D eigenvalue weighted by atomic mass is 10.1. The number of aromatic nitrogens is 2. The molecule has 2 N–H and O–H groups in total. The molecule has 1 aromatic carbocycles. The van der Waals surface area contributed by atoms with E-state index in [0.717, 1.165) is 49.7 Å².